The summed E-state index contributed by atoms with van der Waals surface area (Å²) in [6, 6.07) is 3.76. The molecule has 0 amide bonds. The molecule has 3 heterocycles. The van der Waals surface area contributed by atoms with Crippen LogP contribution >= 0.6 is 11.6 Å². The fourth-order valence-electron chi connectivity index (χ4n) is 2.43. The van der Waals surface area contributed by atoms with Crippen molar-refractivity contribution in [2.24, 2.45) is 0 Å². The van der Waals surface area contributed by atoms with Crippen LogP contribution in [0.1, 0.15) is 24.6 Å². The summed E-state index contributed by atoms with van der Waals surface area (Å²) in [5, 5.41) is 5.22. The van der Waals surface area contributed by atoms with Crippen molar-refractivity contribution in [1.29, 1.82) is 0 Å². The molecule has 0 saturated carbocycles. The summed E-state index contributed by atoms with van der Waals surface area (Å²) in [5.74, 6) is 1.39. The molecule has 1 unspecified atom stereocenters. The number of likely N-dealkylation sites (tertiary alicyclic amines) is 1. The number of likely N-dealkylation sites (N-methyl/N-ethyl adjacent to an activating group) is 1. The van der Waals surface area contributed by atoms with E-state index in [2.05, 4.69) is 22.0 Å². The van der Waals surface area contributed by atoms with Gasteiger partial charge in [0, 0.05) is 18.7 Å². The van der Waals surface area contributed by atoms with E-state index in [0.29, 0.717) is 10.9 Å². The Kier molecular flexibility index (Phi) is 2.76. The lowest BCUT2D eigenvalue weighted by molar-refractivity contribution is 0.246. The second kappa shape index (κ2) is 4.27. The summed E-state index contributed by atoms with van der Waals surface area (Å²) in [6.07, 6.45) is 4.20. The second-order valence-electron chi connectivity index (χ2n) is 4.72. The zero-order valence-corrected chi connectivity index (χ0v) is 10.6. The van der Waals surface area contributed by atoms with Crippen LogP contribution in [0.3, 0.4) is 0 Å². The molecule has 17 heavy (non-hydrogen) atoms. The van der Waals surface area contributed by atoms with Crippen molar-refractivity contribution in [1.82, 2.24) is 19.5 Å². The Morgan fingerprint density at radius 3 is 3.12 bits per heavy atom. The molecule has 4 nitrogen and oxygen atoms in total. The number of fused-ring (bicyclic) bond motifs is 1. The van der Waals surface area contributed by atoms with Gasteiger partial charge >= 0.3 is 0 Å². The van der Waals surface area contributed by atoms with E-state index in [-0.39, 0.29) is 0 Å². The quantitative estimate of drug-likeness (QED) is 0.778. The molecule has 1 fully saturated rings. The van der Waals surface area contributed by atoms with E-state index < -0.39 is 0 Å². The van der Waals surface area contributed by atoms with E-state index in [1.807, 2.05) is 12.1 Å². The average Bonchev–Trinajstić information content (AvgIpc) is 2.72. The first-order valence-corrected chi connectivity index (χ1v) is 6.30. The molecule has 1 atom stereocenters. The van der Waals surface area contributed by atoms with Crippen molar-refractivity contribution in [3.8, 4) is 0 Å². The van der Waals surface area contributed by atoms with Crippen LogP contribution < -0.4 is 0 Å². The zero-order valence-electron chi connectivity index (χ0n) is 9.80. The number of piperidine rings is 1. The van der Waals surface area contributed by atoms with E-state index in [9.17, 15) is 0 Å². The molecule has 0 bridgehead atoms. The lowest BCUT2D eigenvalue weighted by atomic mass is 9.98. The summed E-state index contributed by atoms with van der Waals surface area (Å²) in [7, 11) is 2.15. The van der Waals surface area contributed by atoms with E-state index in [4.69, 9.17) is 11.6 Å². The summed E-state index contributed by atoms with van der Waals surface area (Å²) >= 11 is 5.94. The molecule has 0 radical (unpaired) electrons. The molecule has 1 aliphatic heterocycles. The highest BCUT2D eigenvalue weighted by Gasteiger charge is 2.22. The molecule has 0 aliphatic carbocycles. The van der Waals surface area contributed by atoms with Gasteiger partial charge in [0.2, 0.25) is 0 Å². The molecule has 2 aromatic rings. The molecular weight excluding hydrogens is 236 g/mol. The molecule has 0 N–H and O–H groups in total. The van der Waals surface area contributed by atoms with Crippen molar-refractivity contribution < 1.29 is 0 Å². The first-order chi connectivity index (χ1) is 8.22. The fraction of sp³-hybridized carbons (Fsp3) is 0.500. The smallest absolute Gasteiger partial charge is 0.156 e. The van der Waals surface area contributed by atoms with Crippen molar-refractivity contribution in [2.45, 2.75) is 18.8 Å². The van der Waals surface area contributed by atoms with Gasteiger partial charge in [0.15, 0.2) is 11.5 Å². The number of aromatic nitrogens is 3. The van der Waals surface area contributed by atoms with Gasteiger partial charge in [-0.25, -0.2) is 9.50 Å². The molecule has 1 aliphatic rings. The Morgan fingerprint density at radius 1 is 1.41 bits per heavy atom. The van der Waals surface area contributed by atoms with Gasteiger partial charge in [0.05, 0.1) is 5.02 Å². The number of rotatable bonds is 1. The van der Waals surface area contributed by atoms with E-state index >= 15 is 0 Å². The summed E-state index contributed by atoms with van der Waals surface area (Å²) in [5.41, 5.74) is 0.873. The third-order valence-electron chi connectivity index (χ3n) is 3.30. The highest BCUT2D eigenvalue weighted by Crippen LogP contribution is 2.24. The Morgan fingerprint density at radius 2 is 2.29 bits per heavy atom. The van der Waals surface area contributed by atoms with Crippen LogP contribution in [0.15, 0.2) is 18.3 Å². The van der Waals surface area contributed by atoms with Gasteiger partial charge < -0.3 is 4.90 Å². The normalized spacial score (nSPS) is 22.1. The zero-order chi connectivity index (χ0) is 11.8. The van der Waals surface area contributed by atoms with Crippen molar-refractivity contribution >= 4 is 17.2 Å². The molecular formula is C12H15ClN4. The minimum atomic E-state index is 0.451. The van der Waals surface area contributed by atoms with E-state index in [1.165, 1.54) is 19.4 Å². The van der Waals surface area contributed by atoms with Gasteiger partial charge in [-0.05, 0) is 38.6 Å². The highest BCUT2D eigenvalue weighted by atomic mass is 35.5. The van der Waals surface area contributed by atoms with Gasteiger partial charge in [-0.3, -0.25) is 0 Å². The van der Waals surface area contributed by atoms with Crippen LogP contribution in [0.4, 0.5) is 0 Å². The second-order valence-corrected chi connectivity index (χ2v) is 5.16. The summed E-state index contributed by atoms with van der Waals surface area (Å²) in [4.78, 5) is 6.92. The Hall–Kier alpha value is -1.13. The van der Waals surface area contributed by atoms with Crippen LogP contribution in [0.25, 0.3) is 5.65 Å². The van der Waals surface area contributed by atoms with Crippen molar-refractivity contribution in [3.63, 3.8) is 0 Å². The standard InChI is InChI=1S/C12H15ClN4/c1-16-6-2-3-9(7-16)12-14-11-5-4-10(13)8-17(11)15-12/h4-5,8-9H,2-3,6-7H2,1H3. The number of hydrogen-bond donors (Lipinski definition) is 0. The molecule has 2 aromatic heterocycles. The van der Waals surface area contributed by atoms with Gasteiger partial charge in [0.25, 0.3) is 0 Å². The minimum absolute atomic E-state index is 0.451. The third kappa shape index (κ3) is 2.15. The number of pyridine rings is 1. The number of halogens is 1. The Labute approximate surface area is 105 Å². The van der Waals surface area contributed by atoms with Gasteiger partial charge in [0.1, 0.15) is 0 Å². The van der Waals surface area contributed by atoms with Crippen LogP contribution in [-0.4, -0.2) is 39.6 Å². The predicted molar refractivity (Wildman–Crippen MR) is 67.5 cm³/mol. The van der Waals surface area contributed by atoms with Crippen LogP contribution in [0.5, 0.6) is 0 Å². The lowest BCUT2D eigenvalue weighted by Crippen LogP contribution is -2.31. The predicted octanol–water partition coefficient (Wildman–Crippen LogP) is 2.19. The maximum Gasteiger partial charge on any atom is 0.156 e. The first kappa shape index (κ1) is 11.0. The molecule has 3 rings (SSSR count). The monoisotopic (exact) mass is 250 g/mol. The Balaban J connectivity index is 1.94. The maximum absolute atomic E-state index is 5.94. The maximum atomic E-state index is 5.94. The summed E-state index contributed by atoms with van der Waals surface area (Å²) < 4.78 is 1.77. The van der Waals surface area contributed by atoms with Crippen LogP contribution in [0, 0.1) is 0 Å². The SMILES string of the molecule is CN1CCCC(c2nc3ccc(Cl)cn3n2)C1. The van der Waals surface area contributed by atoms with Gasteiger partial charge in [-0.15, -0.1) is 0 Å². The third-order valence-corrected chi connectivity index (χ3v) is 3.52. The van der Waals surface area contributed by atoms with Gasteiger partial charge in [-0.1, -0.05) is 11.6 Å². The van der Waals surface area contributed by atoms with E-state index in [0.717, 1.165) is 18.0 Å². The minimum Gasteiger partial charge on any atom is -0.306 e. The average molecular weight is 251 g/mol. The number of hydrogen-bond acceptors (Lipinski definition) is 3. The van der Waals surface area contributed by atoms with E-state index in [1.54, 1.807) is 10.7 Å². The molecule has 90 valence electrons. The Bertz CT molecular complexity index is 536. The number of nitrogens with zero attached hydrogens (tertiary/aromatic N) is 4. The molecule has 0 aromatic carbocycles. The molecule has 5 heteroatoms. The van der Waals surface area contributed by atoms with Crippen molar-refractivity contribution in [2.75, 3.05) is 20.1 Å². The van der Waals surface area contributed by atoms with Crippen molar-refractivity contribution in [3.05, 3.63) is 29.2 Å². The fourth-order valence-corrected chi connectivity index (χ4v) is 2.58. The largest absolute Gasteiger partial charge is 0.306 e. The lowest BCUT2D eigenvalue weighted by Gasteiger charge is -2.27. The van der Waals surface area contributed by atoms with Crippen LogP contribution in [0.2, 0.25) is 5.02 Å². The summed E-state index contributed by atoms with van der Waals surface area (Å²) in [6.45, 7) is 2.22. The topological polar surface area (TPSA) is 33.4 Å². The van der Waals surface area contributed by atoms with Gasteiger partial charge in [-0.2, -0.15) is 5.10 Å². The highest BCUT2D eigenvalue weighted by molar-refractivity contribution is 6.30. The molecule has 1 saturated heterocycles. The molecule has 0 spiro atoms. The first-order valence-electron chi connectivity index (χ1n) is 5.93. The van der Waals surface area contributed by atoms with Crippen LogP contribution in [-0.2, 0) is 0 Å².